The largest absolute Gasteiger partial charge is 0.394 e. The van der Waals surface area contributed by atoms with Crippen LogP contribution in [0.5, 0.6) is 0 Å². The van der Waals surface area contributed by atoms with Crippen molar-refractivity contribution >= 4 is 17.7 Å². The molecule has 3 heterocycles. The lowest BCUT2D eigenvalue weighted by atomic mass is 9.62. The summed E-state index contributed by atoms with van der Waals surface area (Å²) in [6.07, 6.45) is 3.66. The van der Waals surface area contributed by atoms with E-state index in [1.165, 1.54) is 0 Å². The summed E-state index contributed by atoms with van der Waals surface area (Å²) < 4.78 is 6.71. The zero-order valence-corrected chi connectivity index (χ0v) is 22.0. The highest BCUT2D eigenvalue weighted by molar-refractivity contribution is 5.99. The van der Waals surface area contributed by atoms with Crippen LogP contribution in [-0.2, 0) is 19.1 Å². The molecular weight excluding hydrogens is 434 g/mol. The fraction of sp³-hybridized carbons (Fsp3) is 0.885. The van der Waals surface area contributed by atoms with E-state index in [4.69, 9.17) is 4.74 Å². The van der Waals surface area contributed by atoms with Gasteiger partial charge < -0.3 is 25.4 Å². The molecule has 3 aliphatic heterocycles. The summed E-state index contributed by atoms with van der Waals surface area (Å²) in [5.74, 6) is -1.83. The predicted octanol–water partition coefficient (Wildman–Crippen LogP) is 2.24. The number of nitrogens with one attached hydrogen (secondary N) is 2. The number of likely N-dealkylation sites (tertiary alicyclic amines) is 1. The molecule has 34 heavy (non-hydrogen) atoms. The van der Waals surface area contributed by atoms with Gasteiger partial charge in [0, 0.05) is 12.6 Å². The minimum Gasteiger partial charge on any atom is -0.394 e. The lowest BCUT2D eigenvalue weighted by molar-refractivity contribution is -0.151. The Morgan fingerprint density at radius 1 is 1.21 bits per heavy atom. The smallest absolute Gasteiger partial charge is 0.246 e. The maximum absolute atomic E-state index is 14.1. The number of amides is 3. The molecule has 0 aromatic heterocycles. The van der Waals surface area contributed by atoms with Crippen LogP contribution in [0.15, 0.2) is 0 Å². The maximum Gasteiger partial charge on any atom is 0.246 e. The molecule has 8 nitrogen and oxygen atoms in total. The normalized spacial score (nSPS) is 36.0. The number of aliphatic hydroxyl groups is 1. The third-order valence-corrected chi connectivity index (χ3v) is 8.29. The number of hydrogen-bond acceptors (Lipinski definition) is 5. The van der Waals surface area contributed by atoms with E-state index in [0.717, 1.165) is 19.3 Å². The van der Waals surface area contributed by atoms with E-state index in [1.54, 1.807) is 4.90 Å². The minimum absolute atomic E-state index is 0.00918. The molecule has 4 unspecified atom stereocenters. The van der Waals surface area contributed by atoms with Gasteiger partial charge >= 0.3 is 0 Å². The van der Waals surface area contributed by atoms with Crippen LogP contribution in [0.3, 0.4) is 0 Å². The van der Waals surface area contributed by atoms with Crippen molar-refractivity contribution in [2.24, 2.45) is 23.7 Å². The Kier molecular flexibility index (Phi) is 8.03. The monoisotopic (exact) mass is 479 g/mol. The third kappa shape index (κ3) is 4.25. The van der Waals surface area contributed by atoms with Crippen molar-refractivity contribution in [1.29, 1.82) is 0 Å². The molecule has 0 saturated carbocycles. The second-order valence-electron chi connectivity index (χ2n) is 11.4. The zero-order valence-electron chi connectivity index (χ0n) is 22.0. The summed E-state index contributed by atoms with van der Waals surface area (Å²) in [5.41, 5.74) is -1.88. The highest BCUT2D eigenvalue weighted by Gasteiger charge is 2.80. The fourth-order valence-electron chi connectivity index (χ4n) is 6.77. The Hall–Kier alpha value is -1.67. The number of carbonyl (C=O) groups excluding carboxylic acids is 3. The zero-order chi connectivity index (χ0) is 25.4. The molecule has 8 atom stereocenters. The Morgan fingerprint density at radius 2 is 1.88 bits per heavy atom. The average molecular weight is 480 g/mol. The minimum atomic E-state index is -1.07. The van der Waals surface area contributed by atoms with E-state index in [0.29, 0.717) is 19.4 Å². The molecular formula is C26H45N3O5. The molecule has 3 N–H and O–H groups in total. The second kappa shape index (κ2) is 10.1. The highest BCUT2D eigenvalue weighted by atomic mass is 16.5. The van der Waals surface area contributed by atoms with Gasteiger partial charge in [0.15, 0.2) is 0 Å². The van der Waals surface area contributed by atoms with E-state index < -0.39 is 35.1 Å². The van der Waals surface area contributed by atoms with Crippen molar-refractivity contribution in [3.8, 4) is 0 Å². The summed E-state index contributed by atoms with van der Waals surface area (Å²) in [5, 5.41) is 16.4. The van der Waals surface area contributed by atoms with Crippen LogP contribution in [0.4, 0.5) is 0 Å². The molecule has 0 radical (unpaired) electrons. The molecule has 3 rings (SSSR count). The third-order valence-electron chi connectivity index (χ3n) is 8.29. The molecule has 2 bridgehead atoms. The molecule has 1 spiro atoms. The molecule has 0 aromatic carbocycles. The number of ether oxygens (including phenoxy) is 1. The molecule has 3 fully saturated rings. The van der Waals surface area contributed by atoms with Crippen LogP contribution < -0.4 is 10.6 Å². The van der Waals surface area contributed by atoms with Gasteiger partial charge in [-0.25, -0.2) is 0 Å². The van der Waals surface area contributed by atoms with Crippen molar-refractivity contribution in [2.45, 2.75) is 110 Å². The van der Waals surface area contributed by atoms with Gasteiger partial charge in [0.05, 0.1) is 30.1 Å². The first-order chi connectivity index (χ1) is 16.0. The number of rotatable bonds is 11. The van der Waals surface area contributed by atoms with Gasteiger partial charge in [-0.15, -0.1) is 0 Å². The maximum atomic E-state index is 14.1. The van der Waals surface area contributed by atoms with E-state index in [1.807, 2.05) is 41.5 Å². The molecule has 3 aliphatic rings. The first-order valence-corrected chi connectivity index (χ1v) is 13.2. The van der Waals surface area contributed by atoms with Gasteiger partial charge in [0.2, 0.25) is 17.7 Å². The van der Waals surface area contributed by atoms with E-state index in [-0.39, 0.29) is 42.2 Å². The number of aliphatic hydroxyl groups excluding tert-OH is 1. The van der Waals surface area contributed by atoms with Gasteiger partial charge in [-0.05, 0) is 51.4 Å². The first-order valence-electron chi connectivity index (χ1n) is 13.2. The molecule has 8 heteroatoms. The van der Waals surface area contributed by atoms with E-state index in [2.05, 4.69) is 17.6 Å². The van der Waals surface area contributed by atoms with Gasteiger partial charge in [-0.1, -0.05) is 41.0 Å². The van der Waals surface area contributed by atoms with Gasteiger partial charge in [-0.2, -0.15) is 0 Å². The summed E-state index contributed by atoms with van der Waals surface area (Å²) in [4.78, 5) is 42.9. The van der Waals surface area contributed by atoms with Crippen LogP contribution in [0, 0.1) is 23.7 Å². The molecule has 3 amide bonds. The topological polar surface area (TPSA) is 108 Å². The summed E-state index contributed by atoms with van der Waals surface area (Å²) in [6.45, 7) is 14.4. The van der Waals surface area contributed by atoms with Crippen LogP contribution in [-0.4, -0.2) is 70.2 Å². The lowest BCUT2D eigenvalue weighted by Gasteiger charge is -2.38. The number of nitrogens with zero attached hydrogens (tertiary/aromatic N) is 1. The van der Waals surface area contributed by atoms with Crippen molar-refractivity contribution < 1.29 is 24.2 Å². The van der Waals surface area contributed by atoms with Crippen LogP contribution >= 0.6 is 0 Å². The Balaban J connectivity index is 2.08. The summed E-state index contributed by atoms with van der Waals surface area (Å²) in [7, 11) is 0. The van der Waals surface area contributed by atoms with Crippen molar-refractivity contribution in [2.75, 3.05) is 13.2 Å². The van der Waals surface area contributed by atoms with Crippen LogP contribution in [0.2, 0.25) is 0 Å². The predicted molar refractivity (Wildman–Crippen MR) is 130 cm³/mol. The second-order valence-corrected chi connectivity index (χ2v) is 11.4. The average Bonchev–Trinajstić information content (AvgIpc) is 3.27. The Bertz CT molecular complexity index is 788. The van der Waals surface area contributed by atoms with Crippen molar-refractivity contribution in [3.63, 3.8) is 0 Å². The molecule has 0 aliphatic carbocycles. The van der Waals surface area contributed by atoms with Crippen molar-refractivity contribution in [3.05, 3.63) is 0 Å². The highest BCUT2D eigenvalue weighted by Crippen LogP contribution is 2.65. The summed E-state index contributed by atoms with van der Waals surface area (Å²) >= 11 is 0. The summed E-state index contributed by atoms with van der Waals surface area (Å²) in [6, 6.07) is -1.42. The van der Waals surface area contributed by atoms with E-state index in [9.17, 15) is 19.5 Å². The molecule has 3 saturated heterocycles. The lowest BCUT2D eigenvalue weighted by Crippen LogP contribution is -2.59. The van der Waals surface area contributed by atoms with E-state index >= 15 is 0 Å². The number of hydrogen-bond donors (Lipinski definition) is 3. The number of fused-ring (bicyclic) bond motifs is 1. The quantitative estimate of drug-likeness (QED) is 0.421. The number of carbonyl (C=O) groups is 3. The Morgan fingerprint density at radius 3 is 2.44 bits per heavy atom. The SMILES string of the molecule is CCCNC(=O)[C@H]1[C@H]2C(=O)N([C@@H](CO)CC(C)C)C(C(=O)NC(C)CCC)C23CC(C)[C@]1(C)O3. The van der Waals surface area contributed by atoms with Crippen molar-refractivity contribution in [1.82, 2.24) is 15.5 Å². The van der Waals surface area contributed by atoms with Gasteiger partial charge in [0.25, 0.3) is 0 Å². The fourth-order valence-corrected chi connectivity index (χ4v) is 6.77. The van der Waals surface area contributed by atoms with Gasteiger partial charge in [0.1, 0.15) is 11.6 Å². The van der Waals surface area contributed by atoms with Crippen LogP contribution in [0.1, 0.15) is 80.6 Å². The Labute approximate surface area is 204 Å². The first kappa shape index (κ1) is 26.9. The molecule has 0 aromatic rings. The standard InChI is InChI=1S/C26H45N3O5/c1-8-10-17(6)28-23(32)21-26-13-16(5)25(7,34-26)19(22(31)27-11-9-2)20(26)24(33)29(21)18(14-30)12-15(3)4/h15-21,30H,8-14H2,1-7H3,(H,27,31)(H,28,32)/t16?,17?,18-,19-,20+,21?,25+,26?/m1/s1. The van der Waals surface area contributed by atoms with Gasteiger partial charge in [-0.3, -0.25) is 14.4 Å². The molecule has 194 valence electrons. The van der Waals surface area contributed by atoms with Crippen LogP contribution in [0.25, 0.3) is 0 Å².